The Labute approximate surface area is 200 Å². The Hall–Kier alpha value is -1.96. The Morgan fingerprint density at radius 3 is 2.68 bits per heavy atom. The molecule has 5 nitrogen and oxygen atoms in total. The van der Waals surface area contributed by atoms with Crippen molar-refractivity contribution >= 4 is 37.5 Å². The summed E-state index contributed by atoms with van der Waals surface area (Å²) in [4.78, 5) is 11.7. The Bertz CT molecular complexity index is 1040. The van der Waals surface area contributed by atoms with E-state index in [0.29, 0.717) is 13.0 Å². The van der Waals surface area contributed by atoms with E-state index in [0.717, 1.165) is 64.5 Å². The van der Waals surface area contributed by atoms with Crippen molar-refractivity contribution in [2.24, 2.45) is 0 Å². The largest absolute Gasteiger partial charge is 0.494 e. The standard InChI is InChI=1S/C24H25Br2N3O2/c1-2-31-23-15-20(29-8-10-30-11-9-29)7-6-18(23)14-24-27-16-21(26)22(28-24)13-17-4-3-5-19(25)12-17/h3-7,12,15-16H,2,8-11,13-14H2,1H3. The predicted molar refractivity (Wildman–Crippen MR) is 130 cm³/mol. The van der Waals surface area contributed by atoms with E-state index in [-0.39, 0.29) is 0 Å². The quantitative estimate of drug-likeness (QED) is 0.396. The van der Waals surface area contributed by atoms with E-state index < -0.39 is 0 Å². The first-order valence-corrected chi connectivity index (χ1v) is 12.0. The minimum Gasteiger partial charge on any atom is -0.494 e. The first-order chi connectivity index (χ1) is 15.1. The highest BCUT2D eigenvalue weighted by molar-refractivity contribution is 9.10. The Morgan fingerprint density at radius 1 is 1.06 bits per heavy atom. The lowest BCUT2D eigenvalue weighted by Gasteiger charge is -2.29. The van der Waals surface area contributed by atoms with Gasteiger partial charge in [-0.05, 0) is 46.6 Å². The van der Waals surface area contributed by atoms with Gasteiger partial charge in [-0.25, -0.2) is 9.97 Å². The first-order valence-electron chi connectivity index (χ1n) is 10.5. The molecule has 3 aromatic rings. The van der Waals surface area contributed by atoms with Crippen LogP contribution in [0.1, 0.15) is 29.6 Å². The molecule has 1 fully saturated rings. The van der Waals surface area contributed by atoms with Crippen molar-refractivity contribution in [3.8, 4) is 5.75 Å². The number of aromatic nitrogens is 2. The van der Waals surface area contributed by atoms with Gasteiger partial charge in [0, 0.05) is 53.9 Å². The number of nitrogens with zero attached hydrogens (tertiary/aromatic N) is 3. The SMILES string of the molecule is CCOc1cc(N2CCOCC2)ccc1Cc1ncc(Br)c(Cc2cccc(Br)c2)n1. The van der Waals surface area contributed by atoms with Crippen LogP contribution >= 0.6 is 31.9 Å². The van der Waals surface area contributed by atoms with Gasteiger partial charge >= 0.3 is 0 Å². The van der Waals surface area contributed by atoms with Crippen molar-refractivity contribution in [2.45, 2.75) is 19.8 Å². The number of halogens is 2. The van der Waals surface area contributed by atoms with Crippen LogP contribution in [0.15, 0.2) is 57.6 Å². The average Bonchev–Trinajstić information content (AvgIpc) is 2.78. The molecular weight excluding hydrogens is 522 g/mol. The van der Waals surface area contributed by atoms with Crippen LogP contribution in [0.5, 0.6) is 5.75 Å². The summed E-state index contributed by atoms with van der Waals surface area (Å²) >= 11 is 7.15. The molecule has 31 heavy (non-hydrogen) atoms. The number of morpholine rings is 1. The van der Waals surface area contributed by atoms with Crippen LogP contribution in [-0.2, 0) is 17.6 Å². The molecule has 0 bridgehead atoms. The van der Waals surface area contributed by atoms with Crippen molar-refractivity contribution in [3.63, 3.8) is 0 Å². The molecule has 7 heteroatoms. The second kappa shape index (κ2) is 10.6. The third-order valence-electron chi connectivity index (χ3n) is 5.20. The second-order valence-corrected chi connectivity index (χ2v) is 9.16. The van der Waals surface area contributed by atoms with Crippen molar-refractivity contribution in [2.75, 3.05) is 37.8 Å². The molecule has 0 saturated carbocycles. The molecule has 1 aromatic heterocycles. The molecule has 1 aliphatic rings. The normalized spacial score (nSPS) is 14.0. The third kappa shape index (κ3) is 5.84. The molecule has 1 aliphatic heterocycles. The van der Waals surface area contributed by atoms with E-state index in [1.54, 1.807) is 0 Å². The summed E-state index contributed by atoms with van der Waals surface area (Å²) in [6.07, 6.45) is 3.21. The van der Waals surface area contributed by atoms with Gasteiger partial charge in [-0.2, -0.15) is 0 Å². The number of ether oxygens (including phenoxy) is 2. The summed E-state index contributed by atoms with van der Waals surface area (Å²) in [6.45, 7) is 5.96. The van der Waals surface area contributed by atoms with Crippen LogP contribution < -0.4 is 9.64 Å². The van der Waals surface area contributed by atoms with Crippen LogP contribution in [0, 0.1) is 0 Å². The minimum absolute atomic E-state index is 0.620. The molecule has 0 unspecified atom stereocenters. The molecule has 0 amide bonds. The van der Waals surface area contributed by atoms with Gasteiger partial charge in [-0.1, -0.05) is 34.1 Å². The maximum absolute atomic E-state index is 5.98. The molecular formula is C24H25Br2N3O2. The fourth-order valence-corrected chi connectivity index (χ4v) is 4.44. The van der Waals surface area contributed by atoms with Crippen molar-refractivity contribution in [3.05, 3.63) is 80.3 Å². The maximum Gasteiger partial charge on any atom is 0.133 e. The lowest BCUT2D eigenvalue weighted by molar-refractivity contribution is 0.122. The minimum atomic E-state index is 0.620. The zero-order valence-electron chi connectivity index (χ0n) is 17.5. The molecule has 1 saturated heterocycles. The number of hydrogen-bond acceptors (Lipinski definition) is 5. The summed E-state index contributed by atoms with van der Waals surface area (Å²) in [5, 5.41) is 0. The van der Waals surface area contributed by atoms with E-state index in [4.69, 9.17) is 14.5 Å². The van der Waals surface area contributed by atoms with E-state index in [1.807, 2.05) is 25.3 Å². The zero-order valence-corrected chi connectivity index (χ0v) is 20.7. The molecule has 2 heterocycles. The van der Waals surface area contributed by atoms with Gasteiger partial charge in [-0.15, -0.1) is 0 Å². The number of rotatable bonds is 7. The second-order valence-electron chi connectivity index (χ2n) is 7.39. The highest BCUT2D eigenvalue weighted by Crippen LogP contribution is 2.29. The highest BCUT2D eigenvalue weighted by Gasteiger charge is 2.15. The smallest absolute Gasteiger partial charge is 0.133 e. The van der Waals surface area contributed by atoms with Gasteiger partial charge in [0.15, 0.2) is 0 Å². The molecule has 0 aliphatic carbocycles. The average molecular weight is 547 g/mol. The first kappa shape index (κ1) is 22.2. The lowest BCUT2D eigenvalue weighted by Crippen LogP contribution is -2.36. The molecule has 4 rings (SSSR count). The number of benzene rings is 2. The highest BCUT2D eigenvalue weighted by atomic mass is 79.9. The van der Waals surface area contributed by atoms with E-state index >= 15 is 0 Å². The summed E-state index contributed by atoms with van der Waals surface area (Å²) in [5.74, 6) is 1.68. The molecule has 0 radical (unpaired) electrons. The van der Waals surface area contributed by atoms with Gasteiger partial charge in [0.05, 0.1) is 30.0 Å². The topological polar surface area (TPSA) is 47.5 Å². The molecule has 0 atom stereocenters. The summed E-state index contributed by atoms with van der Waals surface area (Å²) in [5.41, 5.74) is 4.44. The van der Waals surface area contributed by atoms with Gasteiger partial charge in [0.1, 0.15) is 11.6 Å². The van der Waals surface area contributed by atoms with E-state index in [9.17, 15) is 0 Å². The monoisotopic (exact) mass is 545 g/mol. The van der Waals surface area contributed by atoms with Crippen LogP contribution in [0.3, 0.4) is 0 Å². The van der Waals surface area contributed by atoms with Crippen molar-refractivity contribution < 1.29 is 9.47 Å². The fourth-order valence-electron chi connectivity index (χ4n) is 3.66. The third-order valence-corrected chi connectivity index (χ3v) is 6.36. The Balaban J connectivity index is 1.56. The van der Waals surface area contributed by atoms with Gasteiger partial charge in [-0.3, -0.25) is 0 Å². The van der Waals surface area contributed by atoms with Gasteiger partial charge < -0.3 is 14.4 Å². The summed E-state index contributed by atoms with van der Waals surface area (Å²) in [6, 6.07) is 14.7. The van der Waals surface area contributed by atoms with Gasteiger partial charge in [0.2, 0.25) is 0 Å². The Kier molecular flexibility index (Phi) is 7.58. The Morgan fingerprint density at radius 2 is 1.90 bits per heavy atom. The zero-order chi connectivity index (χ0) is 21.6. The molecule has 0 spiro atoms. The van der Waals surface area contributed by atoms with Crippen molar-refractivity contribution in [1.82, 2.24) is 9.97 Å². The van der Waals surface area contributed by atoms with Crippen LogP contribution in [0.25, 0.3) is 0 Å². The number of hydrogen-bond donors (Lipinski definition) is 0. The lowest BCUT2D eigenvalue weighted by atomic mass is 10.1. The van der Waals surface area contributed by atoms with Crippen LogP contribution in [0.2, 0.25) is 0 Å². The number of anilines is 1. The van der Waals surface area contributed by atoms with Crippen molar-refractivity contribution in [1.29, 1.82) is 0 Å². The fraction of sp³-hybridized carbons (Fsp3) is 0.333. The maximum atomic E-state index is 5.98. The molecule has 0 N–H and O–H groups in total. The summed E-state index contributed by atoms with van der Waals surface area (Å²) in [7, 11) is 0. The van der Waals surface area contributed by atoms with Crippen LogP contribution in [0.4, 0.5) is 5.69 Å². The molecule has 162 valence electrons. The van der Waals surface area contributed by atoms with Crippen LogP contribution in [-0.4, -0.2) is 42.9 Å². The van der Waals surface area contributed by atoms with Gasteiger partial charge in [0.25, 0.3) is 0 Å². The van der Waals surface area contributed by atoms with E-state index in [1.165, 1.54) is 11.3 Å². The molecule has 2 aromatic carbocycles. The predicted octanol–water partition coefficient (Wildman–Crippen LogP) is 5.42. The van der Waals surface area contributed by atoms with E-state index in [2.05, 4.69) is 72.1 Å². The summed E-state index contributed by atoms with van der Waals surface area (Å²) < 4.78 is 13.4.